The second kappa shape index (κ2) is 8.09. The van der Waals surface area contributed by atoms with Gasteiger partial charge in [-0.15, -0.1) is 0 Å². The van der Waals surface area contributed by atoms with Gasteiger partial charge in [-0.2, -0.15) is 0 Å². The van der Waals surface area contributed by atoms with Crippen molar-refractivity contribution in [2.75, 3.05) is 38.1 Å². The summed E-state index contributed by atoms with van der Waals surface area (Å²) in [6.45, 7) is 5.83. The van der Waals surface area contributed by atoms with E-state index in [0.717, 1.165) is 42.8 Å². The van der Waals surface area contributed by atoms with E-state index < -0.39 is 5.97 Å². The van der Waals surface area contributed by atoms with Gasteiger partial charge in [0, 0.05) is 37.1 Å². The van der Waals surface area contributed by atoms with E-state index in [2.05, 4.69) is 21.8 Å². The molecule has 0 aliphatic carbocycles. The Kier molecular flexibility index (Phi) is 5.36. The molecule has 3 aromatic rings. The van der Waals surface area contributed by atoms with Crippen LogP contribution in [-0.4, -0.2) is 54.2 Å². The van der Waals surface area contributed by atoms with Gasteiger partial charge in [-0.25, -0.2) is 9.78 Å². The maximum absolute atomic E-state index is 11.9. The molecular formula is C23H25N3O3. The van der Waals surface area contributed by atoms with Gasteiger partial charge in [0.2, 0.25) is 0 Å². The monoisotopic (exact) mass is 391 g/mol. The van der Waals surface area contributed by atoms with Crippen molar-refractivity contribution in [3.8, 4) is 5.75 Å². The van der Waals surface area contributed by atoms with E-state index in [-0.39, 0.29) is 5.69 Å². The van der Waals surface area contributed by atoms with Gasteiger partial charge in [0.05, 0.1) is 11.2 Å². The molecule has 0 bridgehead atoms. The number of likely N-dealkylation sites (N-methyl/N-ethyl adjacent to an activating group) is 1. The molecule has 6 heteroatoms. The molecular weight excluding hydrogens is 366 g/mol. The first-order valence-corrected chi connectivity index (χ1v) is 9.81. The highest BCUT2D eigenvalue weighted by Gasteiger charge is 2.22. The van der Waals surface area contributed by atoms with Crippen molar-refractivity contribution < 1.29 is 14.6 Å². The number of para-hydroxylation sites is 1. The highest BCUT2D eigenvalue weighted by atomic mass is 16.5. The molecule has 0 radical (unpaired) electrons. The van der Waals surface area contributed by atoms with Crippen LogP contribution in [0, 0.1) is 6.92 Å². The fraction of sp³-hybridized carbons (Fsp3) is 0.304. The van der Waals surface area contributed by atoms with E-state index in [0.29, 0.717) is 23.4 Å². The Labute approximate surface area is 170 Å². The van der Waals surface area contributed by atoms with E-state index in [1.807, 2.05) is 48.5 Å². The lowest BCUT2D eigenvalue weighted by molar-refractivity contribution is 0.0689. The Balaban J connectivity index is 1.80. The summed E-state index contributed by atoms with van der Waals surface area (Å²) in [5.74, 6) is -0.450. The van der Waals surface area contributed by atoms with Crippen molar-refractivity contribution in [3.63, 3.8) is 0 Å². The Morgan fingerprint density at radius 1 is 1.07 bits per heavy atom. The molecule has 2 heterocycles. The average molecular weight is 391 g/mol. The van der Waals surface area contributed by atoms with Crippen LogP contribution < -0.4 is 9.64 Å². The third kappa shape index (κ3) is 3.89. The predicted molar refractivity (Wildman–Crippen MR) is 114 cm³/mol. The number of carbonyl (C=O) groups is 1. The fourth-order valence-electron chi connectivity index (χ4n) is 3.76. The fourth-order valence-corrected chi connectivity index (χ4v) is 3.76. The zero-order valence-corrected chi connectivity index (χ0v) is 16.8. The third-order valence-corrected chi connectivity index (χ3v) is 5.45. The van der Waals surface area contributed by atoms with E-state index in [9.17, 15) is 9.90 Å². The molecule has 1 saturated heterocycles. The van der Waals surface area contributed by atoms with Crippen molar-refractivity contribution in [3.05, 3.63) is 65.4 Å². The lowest BCUT2D eigenvalue weighted by atomic mass is 10.1. The summed E-state index contributed by atoms with van der Waals surface area (Å²) in [7, 11) is 2.11. The molecule has 2 aromatic carbocycles. The largest absolute Gasteiger partial charge is 0.488 e. The van der Waals surface area contributed by atoms with Gasteiger partial charge in [0.1, 0.15) is 12.4 Å². The number of rotatable bonds is 5. The number of pyridine rings is 1. The normalized spacial score (nSPS) is 14.9. The van der Waals surface area contributed by atoms with Crippen molar-refractivity contribution in [1.29, 1.82) is 0 Å². The smallest absolute Gasteiger partial charge is 0.354 e. The van der Waals surface area contributed by atoms with Crippen LogP contribution in [-0.2, 0) is 6.61 Å². The van der Waals surface area contributed by atoms with Gasteiger partial charge < -0.3 is 19.6 Å². The maximum atomic E-state index is 11.9. The highest BCUT2D eigenvalue weighted by Crippen LogP contribution is 2.36. The van der Waals surface area contributed by atoms with Gasteiger partial charge >= 0.3 is 5.97 Å². The average Bonchev–Trinajstić information content (AvgIpc) is 2.73. The first-order chi connectivity index (χ1) is 14.0. The van der Waals surface area contributed by atoms with Gasteiger partial charge in [-0.05, 0) is 31.7 Å². The molecule has 1 fully saturated rings. The summed E-state index contributed by atoms with van der Waals surface area (Å²) >= 11 is 0. The summed E-state index contributed by atoms with van der Waals surface area (Å²) in [6, 6.07) is 15.8. The minimum Gasteiger partial charge on any atom is -0.488 e. The number of aromatic carboxylic acids is 1. The van der Waals surface area contributed by atoms with E-state index in [1.165, 1.54) is 0 Å². The van der Waals surface area contributed by atoms with Crippen LogP contribution in [0.15, 0.2) is 48.5 Å². The number of hydrogen-bond donors (Lipinski definition) is 1. The number of carboxylic acids is 1. The van der Waals surface area contributed by atoms with Crippen molar-refractivity contribution in [1.82, 2.24) is 9.88 Å². The predicted octanol–water partition coefficient (Wildman–Crippen LogP) is 3.57. The minimum atomic E-state index is -1.04. The SMILES string of the molecule is Cc1c(C(=O)O)nc2c(N3CCN(C)CC3)cccc2c1OCc1ccccc1. The Hall–Kier alpha value is -3.12. The topological polar surface area (TPSA) is 65.9 Å². The summed E-state index contributed by atoms with van der Waals surface area (Å²) in [6.07, 6.45) is 0. The number of carboxylic acid groups (broad SMARTS) is 1. The molecule has 0 unspecified atom stereocenters. The molecule has 1 aromatic heterocycles. The lowest BCUT2D eigenvalue weighted by Crippen LogP contribution is -2.44. The summed E-state index contributed by atoms with van der Waals surface area (Å²) < 4.78 is 6.16. The van der Waals surface area contributed by atoms with Gasteiger partial charge in [-0.1, -0.05) is 36.4 Å². The first kappa shape index (κ1) is 19.2. The van der Waals surface area contributed by atoms with Gasteiger partial charge in [0.25, 0.3) is 0 Å². The third-order valence-electron chi connectivity index (χ3n) is 5.45. The first-order valence-electron chi connectivity index (χ1n) is 9.81. The lowest BCUT2D eigenvalue weighted by Gasteiger charge is -2.34. The minimum absolute atomic E-state index is 0.0436. The summed E-state index contributed by atoms with van der Waals surface area (Å²) in [5.41, 5.74) is 3.27. The number of ether oxygens (including phenoxy) is 1. The number of anilines is 1. The molecule has 0 saturated carbocycles. The molecule has 150 valence electrons. The number of hydrogen-bond acceptors (Lipinski definition) is 5. The zero-order chi connectivity index (χ0) is 20.4. The molecule has 6 nitrogen and oxygen atoms in total. The van der Waals surface area contributed by atoms with Crippen LogP contribution in [0.4, 0.5) is 5.69 Å². The molecule has 0 atom stereocenters. The van der Waals surface area contributed by atoms with Crippen molar-refractivity contribution in [2.24, 2.45) is 0 Å². The molecule has 0 amide bonds. The second-order valence-corrected chi connectivity index (χ2v) is 7.46. The van der Waals surface area contributed by atoms with Crippen LogP contribution >= 0.6 is 0 Å². The van der Waals surface area contributed by atoms with Crippen LogP contribution in [0.3, 0.4) is 0 Å². The van der Waals surface area contributed by atoms with E-state index in [4.69, 9.17) is 4.74 Å². The number of piperazine rings is 1. The number of fused-ring (bicyclic) bond motifs is 1. The second-order valence-electron chi connectivity index (χ2n) is 7.46. The van der Waals surface area contributed by atoms with Crippen molar-refractivity contribution in [2.45, 2.75) is 13.5 Å². The molecule has 1 aliphatic rings. The quantitative estimate of drug-likeness (QED) is 0.717. The molecule has 1 N–H and O–H groups in total. The van der Waals surface area contributed by atoms with E-state index in [1.54, 1.807) is 6.92 Å². The Bertz CT molecular complexity index is 1030. The molecule has 0 spiro atoms. The van der Waals surface area contributed by atoms with Gasteiger partial charge in [-0.3, -0.25) is 0 Å². The van der Waals surface area contributed by atoms with Crippen LogP contribution in [0.2, 0.25) is 0 Å². The van der Waals surface area contributed by atoms with Gasteiger partial charge in [0.15, 0.2) is 5.69 Å². The molecule has 1 aliphatic heterocycles. The number of benzene rings is 2. The standard InChI is InChI=1S/C23H25N3O3/c1-16-20(23(27)28)24-21-18(22(16)29-15-17-7-4-3-5-8-17)9-6-10-19(21)26-13-11-25(2)12-14-26/h3-10H,11-15H2,1-2H3,(H,27,28). The van der Waals surface area contributed by atoms with Crippen LogP contribution in [0.1, 0.15) is 21.6 Å². The molecule has 4 rings (SSSR count). The van der Waals surface area contributed by atoms with Crippen LogP contribution in [0.25, 0.3) is 10.9 Å². The van der Waals surface area contributed by atoms with Crippen molar-refractivity contribution >= 4 is 22.6 Å². The Morgan fingerprint density at radius 3 is 2.48 bits per heavy atom. The summed E-state index contributed by atoms with van der Waals surface area (Å²) in [5, 5.41) is 10.6. The number of aromatic nitrogens is 1. The highest BCUT2D eigenvalue weighted by molar-refractivity contribution is 6.00. The van der Waals surface area contributed by atoms with Crippen LogP contribution in [0.5, 0.6) is 5.75 Å². The Morgan fingerprint density at radius 2 is 1.79 bits per heavy atom. The number of nitrogens with zero attached hydrogens (tertiary/aromatic N) is 3. The maximum Gasteiger partial charge on any atom is 0.354 e. The summed E-state index contributed by atoms with van der Waals surface area (Å²) in [4.78, 5) is 21.0. The van der Waals surface area contributed by atoms with E-state index >= 15 is 0 Å². The zero-order valence-electron chi connectivity index (χ0n) is 16.8. The molecule has 29 heavy (non-hydrogen) atoms.